The second-order valence-corrected chi connectivity index (χ2v) is 9.20. The van der Waals surface area contributed by atoms with Crippen molar-refractivity contribution in [3.8, 4) is 5.75 Å². The molecule has 0 radical (unpaired) electrons. The monoisotopic (exact) mass is 459 g/mol. The van der Waals surface area contributed by atoms with E-state index in [2.05, 4.69) is 15.0 Å². The van der Waals surface area contributed by atoms with E-state index in [1.807, 2.05) is 31.2 Å². The van der Waals surface area contributed by atoms with Crippen molar-refractivity contribution >= 4 is 81.8 Å². The number of halogens is 6. The summed E-state index contributed by atoms with van der Waals surface area (Å²) in [5, 5.41) is 0. The van der Waals surface area contributed by atoms with Gasteiger partial charge in [0.1, 0.15) is 5.75 Å². The Balaban J connectivity index is 2.45. The maximum atomic E-state index is 5.84. The number of nitrogens with zero attached hydrogens (tertiary/aromatic N) is 3. The fourth-order valence-electron chi connectivity index (χ4n) is 1.79. The Bertz CT molecular complexity index is 738. The molecule has 0 fully saturated rings. The lowest BCUT2D eigenvalue weighted by Gasteiger charge is -2.14. The molecule has 0 N–H and O–H groups in total. The second-order valence-electron chi connectivity index (χ2n) is 4.64. The first-order chi connectivity index (χ1) is 11.6. The van der Waals surface area contributed by atoms with E-state index in [9.17, 15) is 0 Å². The van der Waals surface area contributed by atoms with Crippen molar-refractivity contribution in [3.63, 3.8) is 0 Å². The van der Waals surface area contributed by atoms with E-state index >= 15 is 0 Å². The summed E-state index contributed by atoms with van der Waals surface area (Å²) in [6.45, 7) is 2.43. The largest absolute Gasteiger partial charge is 0.493 e. The van der Waals surface area contributed by atoms with Gasteiger partial charge in [-0.1, -0.05) is 87.8 Å². The molecule has 0 aliphatic carbocycles. The summed E-state index contributed by atoms with van der Waals surface area (Å²) < 4.78 is 1.77. The molecule has 1 heterocycles. The molecule has 4 nitrogen and oxygen atoms in total. The first-order valence-corrected chi connectivity index (χ1v) is 9.18. The highest BCUT2D eigenvalue weighted by Crippen LogP contribution is 2.40. The summed E-state index contributed by atoms with van der Waals surface area (Å²) in [5.74, 6) is 0.584. The predicted molar refractivity (Wildman–Crippen MR) is 105 cm³/mol. The van der Waals surface area contributed by atoms with Crippen molar-refractivity contribution in [2.24, 2.45) is 0 Å². The zero-order chi connectivity index (χ0) is 18.7. The van der Waals surface area contributed by atoms with Crippen LogP contribution in [0.3, 0.4) is 0 Å². The van der Waals surface area contributed by atoms with Crippen LogP contribution in [0, 0.1) is 0 Å². The summed E-state index contributed by atoms with van der Waals surface area (Å²) in [6, 6.07) is 7.45. The minimum Gasteiger partial charge on any atom is -0.493 e. The van der Waals surface area contributed by atoms with Crippen molar-refractivity contribution in [1.29, 1.82) is 0 Å². The van der Waals surface area contributed by atoms with Crippen LogP contribution in [0.25, 0.3) is 12.2 Å². The summed E-state index contributed by atoms with van der Waals surface area (Å²) in [7, 11) is 0. The van der Waals surface area contributed by atoms with Crippen LogP contribution in [0.2, 0.25) is 0 Å². The Kier molecular flexibility index (Phi) is 7.05. The lowest BCUT2D eigenvalue weighted by molar-refractivity contribution is 0.339. The van der Waals surface area contributed by atoms with E-state index in [4.69, 9.17) is 74.3 Å². The van der Waals surface area contributed by atoms with Gasteiger partial charge in [0.25, 0.3) is 0 Å². The molecule has 2 aromatic rings. The topological polar surface area (TPSA) is 47.9 Å². The third kappa shape index (κ3) is 6.02. The Morgan fingerprint density at radius 2 is 1.44 bits per heavy atom. The normalized spacial score (nSPS) is 12.6. The molecule has 0 saturated carbocycles. The van der Waals surface area contributed by atoms with Gasteiger partial charge in [0, 0.05) is 5.56 Å². The molecular formula is C15H11Cl6N3O. The summed E-state index contributed by atoms with van der Waals surface area (Å²) in [6.07, 6.45) is 3.32. The minimum atomic E-state index is -1.89. The van der Waals surface area contributed by atoms with E-state index in [1.54, 1.807) is 12.2 Å². The molecule has 0 bridgehead atoms. The number of alkyl halides is 6. The number of hydrogen-bond acceptors (Lipinski definition) is 4. The van der Waals surface area contributed by atoms with Crippen LogP contribution >= 0.6 is 69.6 Å². The van der Waals surface area contributed by atoms with Gasteiger partial charge < -0.3 is 4.74 Å². The lowest BCUT2D eigenvalue weighted by Crippen LogP contribution is -2.16. The number of para-hydroxylation sites is 1. The number of hydrogen-bond donors (Lipinski definition) is 0. The fourth-order valence-corrected chi connectivity index (χ4v) is 2.30. The summed E-state index contributed by atoms with van der Waals surface area (Å²) in [5.41, 5.74) is 0.815. The van der Waals surface area contributed by atoms with E-state index in [-0.39, 0.29) is 17.5 Å². The maximum absolute atomic E-state index is 5.84. The van der Waals surface area contributed by atoms with Crippen molar-refractivity contribution in [3.05, 3.63) is 47.3 Å². The highest BCUT2D eigenvalue weighted by molar-refractivity contribution is 6.67. The summed E-state index contributed by atoms with van der Waals surface area (Å²) in [4.78, 5) is 12.1. The minimum absolute atomic E-state index is 0.147. The predicted octanol–water partition coefficient (Wildman–Crippen LogP) is 6.09. The van der Waals surface area contributed by atoms with Crippen molar-refractivity contribution < 1.29 is 4.74 Å². The van der Waals surface area contributed by atoms with E-state index in [1.165, 1.54) is 0 Å². The smallest absolute Gasteiger partial charge is 0.250 e. The van der Waals surface area contributed by atoms with Crippen LogP contribution in [-0.4, -0.2) is 21.6 Å². The van der Waals surface area contributed by atoms with Gasteiger partial charge in [-0.3, -0.25) is 0 Å². The molecule has 0 saturated heterocycles. The zero-order valence-electron chi connectivity index (χ0n) is 12.7. The average molecular weight is 462 g/mol. The van der Waals surface area contributed by atoms with Gasteiger partial charge in [-0.2, -0.15) is 0 Å². The van der Waals surface area contributed by atoms with E-state index < -0.39 is 7.59 Å². The molecule has 0 atom stereocenters. The summed E-state index contributed by atoms with van der Waals surface area (Å²) >= 11 is 35.0. The van der Waals surface area contributed by atoms with Crippen LogP contribution < -0.4 is 4.74 Å². The van der Waals surface area contributed by atoms with Crippen molar-refractivity contribution in [2.75, 3.05) is 6.61 Å². The molecule has 0 aliphatic heterocycles. The number of rotatable bonds is 4. The maximum Gasteiger partial charge on any atom is 0.250 e. The lowest BCUT2D eigenvalue weighted by atomic mass is 10.2. The van der Waals surface area contributed by atoms with Crippen LogP contribution in [0.15, 0.2) is 24.3 Å². The average Bonchev–Trinajstić information content (AvgIpc) is 2.52. The van der Waals surface area contributed by atoms with Gasteiger partial charge in [-0.05, 0) is 25.1 Å². The van der Waals surface area contributed by atoms with E-state index in [0.717, 1.165) is 5.56 Å². The first-order valence-electron chi connectivity index (χ1n) is 6.91. The van der Waals surface area contributed by atoms with Crippen molar-refractivity contribution in [1.82, 2.24) is 15.0 Å². The quantitative estimate of drug-likeness (QED) is 0.516. The SMILES string of the molecule is CCOc1ccccc1C=Cc1nc(C(Cl)(Cl)Cl)nc(C(Cl)(Cl)Cl)n1. The van der Waals surface area contributed by atoms with Crippen LogP contribution in [0.5, 0.6) is 5.75 Å². The fraction of sp³-hybridized carbons (Fsp3) is 0.267. The molecule has 0 unspecified atom stereocenters. The molecule has 25 heavy (non-hydrogen) atoms. The molecular weight excluding hydrogens is 451 g/mol. The highest BCUT2D eigenvalue weighted by atomic mass is 35.6. The molecule has 134 valence electrons. The number of benzene rings is 1. The first kappa shape index (κ1) is 20.8. The highest BCUT2D eigenvalue weighted by Gasteiger charge is 2.33. The van der Waals surface area contributed by atoms with Gasteiger partial charge in [0.05, 0.1) is 6.61 Å². The third-order valence-corrected chi connectivity index (χ3v) is 3.80. The van der Waals surface area contributed by atoms with Crippen LogP contribution in [-0.2, 0) is 7.59 Å². The van der Waals surface area contributed by atoms with E-state index in [0.29, 0.717) is 12.4 Å². The van der Waals surface area contributed by atoms with Gasteiger partial charge >= 0.3 is 0 Å². The Morgan fingerprint density at radius 3 is 1.96 bits per heavy atom. The van der Waals surface area contributed by atoms with Crippen molar-refractivity contribution in [2.45, 2.75) is 14.5 Å². The Morgan fingerprint density at radius 1 is 0.880 bits per heavy atom. The van der Waals surface area contributed by atoms with Gasteiger partial charge in [0.15, 0.2) is 17.5 Å². The molecule has 0 aliphatic rings. The molecule has 2 rings (SSSR count). The molecule has 1 aromatic heterocycles. The third-order valence-electron chi connectivity index (χ3n) is 2.79. The molecule has 0 amide bonds. The van der Waals surface area contributed by atoms with Gasteiger partial charge in [-0.15, -0.1) is 0 Å². The standard InChI is InChI=1S/C15H11Cl6N3O/c1-2-25-10-6-4-3-5-9(10)7-8-11-22-12(14(16,17)18)24-13(23-11)15(19,20)21/h3-8H,2H2,1H3. The van der Waals surface area contributed by atoms with Crippen LogP contribution in [0.1, 0.15) is 30.0 Å². The van der Waals surface area contributed by atoms with Gasteiger partial charge in [-0.25, -0.2) is 15.0 Å². The van der Waals surface area contributed by atoms with Crippen LogP contribution in [0.4, 0.5) is 0 Å². The molecule has 1 aromatic carbocycles. The zero-order valence-corrected chi connectivity index (χ0v) is 17.2. The Hall–Kier alpha value is -0.490. The molecule has 10 heteroatoms. The second kappa shape index (κ2) is 8.47. The Labute approximate surface area is 175 Å². The molecule has 0 spiro atoms. The number of ether oxygens (including phenoxy) is 1. The number of aromatic nitrogens is 3. The van der Waals surface area contributed by atoms with Gasteiger partial charge in [0.2, 0.25) is 7.59 Å².